The molecule has 0 atom stereocenters. The fraction of sp³-hybridized carbons (Fsp3) is 0.0714. The average Bonchev–Trinajstić information content (AvgIpc) is 2.89. The maximum atomic E-state index is 12.2. The Kier molecular flexibility index (Phi) is 8.02. The van der Waals surface area contributed by atoms with Crippen molar-refractivity contribution in [3.8, 4) is 11.5 Å². The molecule has 0 aliphatic rings. The zero-order valence-electron chi connectivity index (χ0n) is 19.0. The summed E-state index contributed by atoms with van der Waals surface area (Å²) in [7, 11) is 3.20. The summed E-state index contributed by atoms with van der Waals surface area (Å²) in [4.78, 5) is 24.2. The van der Waals surface area contributed by atoms with Crippen LogP contribution in [0.1, 0.15) is 31.8 Å². The van der Waals surface area contributed by atoms with Gasteiger partial charge in [0.05, 0.1) is 14.2 Å². The van der Waals surface area contributed by atoms with Crippen LogP contribution >= 0.6 is 0 Å². The van der Waals surface area contributed by atoms with Crippen LogP contribution in [0.15, 0.2) is 97.1 Å². The summed E-state index contributed by atoms with van der Waals surface area (Å²) in [6, 6.07) is 27.8. The van der Waals surface area contributed by atoms with Crippen LogP contribution in [0.25, 0.3) is 0 Å². The van der Waals surface area contributed by atoms with E-state index >= 15 is 0 Å². The summed E-state index contributed by atoms with van der Waals surface area (Å²) in [5, 5.41) is 0. The number of hydrogen-bond donors (Lipinski definition) is 2. The van der Waals surface area contributed by atoms with E-state index in [1.54, 1.807) is 111 Å². The summed E-state index contributed by atoms with van der Waals surface area (Å²) in [6.45, 7) is 0. The van der Waals surface area contributed by atoms with E-state index < -0.39 is 0 Å². The van der Waals surface area contributed by atoms with Crippen molar-refractivity contribution in [2.75, 3.05) is 25.7 Å². The standard InChI is InChI=1S/C15H14O3.C13H12N2O/c1-17-13-7-3-11(4-8-13)15(16)12-5-9-14(18-2)10-6-12;14-11-5-1-9(2-6-11)13(16)10-3-7-12(15)8-4-10/h3-10H,1-2H3;1-8H,14-15H2. The zero-order valence-corrected chi connectivity index (χ0v) is 19.0. The molecular weight excluding hydrogens is 428 g/mol. The molecule has 0 aromatic heterocycles. The lowest BCUT2D eigenvalue weighted by molar-refractivity contribution is 0.103. The number of nitrogens with two attached hydrogens (primary N) is 2. The number of ketones is 2. The Morgan fingerprint density at radius 2 is 0.706 bits per heavy atom. The van der Waals surface area contributed by atoms with E-state index in [1.165, 1.54) is 0 Å². The van der Waals surface area contributed by atoms with Crippen LogP contribution in [0.4, 0.5) is 11.4 Å². The number of hydrogen-bond acceptors (Lipinski definition) is 6. The van der Waals surface area contributed by atoms with Crippen LogP contribution in [0, 0.1) is 0 Å². The second-order valence-electron chi connectivity index (χ2n) is 7.36. The Morgan fingerprint density at radius 3 is 0.941 bits per heavy atom. The predicted octanol–water partition coefficient (Wildman–Crippen LogP) is 5.02. The fourth-order valence-electron chi connectivity index (χ4n) is 3.09. The number of carbonyl (C=O) groups excluding carboxylic acids is 2. The van der Waals surface area contributed by atoms with Gasteiger partial charge in [0.15, 0.2) is 11.6 Å². The molecule has 0 heterocycles. The van der Waals surface area contributed by atoms with Gasteiger partial charge in [-0.2, -0.15) is 0 Å². The Hall–Kier alpha value is -4.58. The summed E-state index contributed by atoms with van der Waals surface area (Å²) in [5.41, 5.74) is 14.9. The molecule has 0 saturated heterocycles. The second-order valence-corrected chi connectivity index (χ2v) is 7.36. The highest BCUT2D eigenvalue weighted by Gasteiger charge is 2.09. The largest absolute Gasteiger partial charge is 0.497 e. The molecule has 0 fully saturated rings. The lowest BCUT2D eigenvalue weighted by Gasteiger charge is -2.04. The number of anilines is 2. The maximum Gasteiger partial charge on any atom is 0.193 e. The highest BCUT2D eigenvalue weighted by molar-refractivity contribution is 6.09. The second kappa shape index (κ2) is 11.3. The van der Waals surface area contributed by atoms with Crippen molar-refractivity contribution in [1.82, 2.24) is 0 Å². The van der Waals surface area contributed by atoms with Crippen LogP contribution in [-0.2, 0) is 0 Å². The van der Waals surface area contributed by atoms with Crippen LogP contribution in [0.5, 0.6) is 11.5 Å². The minimum Gasteiger partial charge on any atom is -0.497 e. The Labute approximate surface area is 198 Å². The molecule has 0 unspecified atom stereocenters. The van der Waals surface area contributed by atoms with Crippen molar-refractivity contribution < 1.29 is 19.1 Å². The van der Waals surface area contributed by atoms with Crippen LogP contribution < -0.4 is 20.9 Å². The van der Waals surface area contributed by atoms with Gasteiger partial charge in [-0.1, -0.05) is 0 Å². The SMILES string of the molecule is COc1ccc(C(=O)c2ccc(OC)cc2)cc1.Nc1ccc(C(=O)c2ccc(N)cc2)cc1. The highest BCUT2D eigenvalue weighted by Crippen LogP contribution is 2.17. The number of ether oxygens (including phenoxy) is 2. The zero-order chi connectivity index (χ0) is 24.5. The topological polar surface area (TPSA) is 105 Å². The lowest BCUT2D eigenvalue weighted by atomic mass is 10.0. The van der Waals surface area contributed by atoms with E-state index in [4.69, 9.17) is 20.9 Å². The van der Waals surface area contributed by atoms with Crippen LogP contribution in [0.3, 0.4) is 0 Å². The molecule has 6 nitrogen and oxygen atoms in total. The van der Waals surface area contributed by atoms with E-state index in [0.717, 1.165) is 11.5 Å². The Bertz CT molecular complexity index is 1130. The van der Waals surface area contributed by atoms with E-state index in [2.05, 4.69) is 0 Å². The van der Waals surface area contributed by atoms with Gasteiger partial charge in [-0.25, -0.2) is 0 Å². The molecule has 4 rings (SSSR count). The summed E-state index contributed by atoms with van der Waals surface area (Å²) in [5.74, 6) is 1.43. The molecule has 0 aliphatic carbocycles. The fourth-order valence-corrected chi connectivity index (χ4v) is 3.09. The molecule has 0 radical (unpaired) electrons. The normalized spacial score (nSPS) is 9.94. The number of rotatable bonds is 6. The first kappa shape index (κ1) is 24.1. The smallest absolute Gasteiger partial charge is 0.193 e. The van der Waals surface area contributed by atoms with Crippen molar-refractivity contribution >= 4 is 22.9 Å². The maximum absolute atomic E-state index is 12.2. The Balaban J connectivity index is 0.000000192. The third-order valence-corrected chi connectivity index (χ3v) is 5.05. The van der Waals surface area contributed by atoms with Gasteiger partial charge < -0.3 is 20.9 Å². The number of carbonyl (C=O) groups is 2. The number of nitrogen functional groups attached to an aromatic ring is 2. The van der Waals surface area contributed by atoms with Crippen molar-refractivity contribution in [2.45, 2.75) is 0 Å². The predicted molar refractivity (Wildman–Crippen MR) is 135 cm³/mol. The summed E-state index contributed by atoms with van der Waals surface area (Å²) >= 11 is 0. The van der Waals surface area contributed by atoms with E-state index in [9.17, 15) is 9.59 Å². The number of methoxy groups -OCH3 is 2. The average molecular weight is 455 g/mol. The molecule has 4 N–H and O–H groups in total. The van der Waals surface area contributed by atoms with Gasteiger partial charge >= 0.3 is 0 Å². The molecule has 4 aromatic rings. The quantitative estimate of drug-likeness (QED) is 0.313. The molecule has 0 saturated carbocycles. The molecular formula is C28H26N2O4. The van der Waals surface area contributed by atoms with Gasteiger partial charge in [0.25, 0.3) is 0 Å². The molecule has 172 valence electrons. The van der Waals surface area contributed by atoms with Gasteiger partial charge in [0, 0.05) is 33.6 Å². The first-order valence-corrected chi connectivity index (χ1v) is 10.5. The Morgan fingerprint density at radius 1 is 0.471 bits per heavy atom. The monoisotopic (exact) mass is 454 g/mol. The van der Waals surface area contributed by atoms with Crippen molar-refractivity contribution in [3.63, 3.8) is 0 Å². The van der Waals surface area contributed by atoms with E-state index in [0.29, 0.717) is 33.6 Å². The van der Waals surface area contributed by atoms with Gasteiger partial charge in [-0.15, -0.1) is 0 Å². The molecule has 4 aromatic carbocycles. The molecule has 34 heavy (non-hydrogen) atoms. The number of benzene rings is 4. The molecule has 0 amide bonds. The van der Waals surface area contributed by atoms with E-state index in [1.807, 2.05) is 0 Å². The molecule has 0 aliphatic heterocycles. The summed E-state index contributed by atoms with van der Waals surface area (Å²) in [6.07, 6.45) is 0. The van der Waals surface area contributed by atoms with Crippen LogP contribution in [0.2, 0.25) is 0 Å². The third kappa shape index (κ3) is 6.23. The molecule has 0 bridgehead atoms. The van der Waals surface area contributed by atoms with Crippen molar-refractivity contribution in [2.24, 2.45) is 0 Å². The van der Waals surface area contributed by atoms with Gasteiger partial charge in [-0.05, 0) is 97.1 Å². The lowest BCUT2D eigenvalue weighted by Crippen LogP contribution is -2.01. The molecule has 0 spiro atoms. The minimum absolute atomic E-state index is 0.0136. The highest BCUT2D eigenvalue weighted by atomic mass is 16.5. The molecule has 6 heteroatoms. The van der Waals surface area contributed by atoms with Gasteiger partial charge in [0.1, 0.15) is 11.5 Å². The van der Waals surface area contributed by atoms with Crippen molar-refractivity contribution in [1.29, 1.82) is 0 Å². The van der Waals surface area contributed by atoms with Gasteiger partial charge in [-0.3, -0.25) is 9.59 Å². The first-order chi connectivity index (χ1) is 16.4. The third-order valence-electron chi connectivity index (χ3n) is 5.05. The van der Waals surface area contributed by atoms with E-state index in [-0.39, 0.29) is 11.6 Å². The van der Waals surface area contributed by atoms with Crippen LogP contribution in [-0.4, -0.2) is 25.8 Å². The minimum atomic E-state index is -0.0278. The first-order valence-electron chi connectivity index (χ1n) is 10.5. The van der Waals surface area contributed by atoms with Gasteiger partial charge in [0.2, 0.25) is 0 Å². The summed E-state index contributed by atoms with van der Waals surface area (Å²) < 4.78 is 10.1. The van der Waals surface area contributed by atoms with Crippen molar-refractivity contribution in [3.05, 3.63) is 119 Å².